The SMILES string of the molecule is Cc1ccc(C)c(CSC2=NC3(CCCCC3)Nc3ccccc32)c1. The molecule has 2 nitrogen and oxygen atoms in total. The molecule has 1 heterocycles. The number of nitrogens with zero attached hydrogens (tertiary/aromatic N) is 1. The van der Waals surface area contributed by atoms with Crippen LogP contribution in [0, 0.1) is 13.8 Å². The Bertz CT molecular complexity index is 803. The zero-order chi connectivity index (χ0) is 17.3. The fourth-order valence-electron chi connectivity index (χ4n) is 3.90. The van der Waals surface area contributed by atoms with Crippen molar-refractivity contribution in [2.24, 2.45) is 4.99 Å². The van der Waals surface area contributed by atoms with Gasteiger partial charge in [0.1, 0.15) is 10.7 Å². The van der Waals surface area contributed by atoms with Crippen LogP contribution in [-0.4, -0.2) is 10.7 Å². The third kappa shape index (κ3) is 3.48. The normalized spacial score (nSPS) is 18.4. The van der Waals surface area contributed by atoms with Gasteiger partial charge in [-0.2, -0.15) is 0 Å². The van der Waals surface area contributed by atoms with Crippen molar-refractivity contribution in [1.29, 1.82) is 0 Å². The van der Waals surface area contributed by atoms with Gasteiger partial charge in [-0.1, -0.05) is 48.4 Å². The van der Waals surface area contributed by atoms with Gasteiger partial charge in [-0.05, 0) is 56.7 Å². The molecule has 1 aliphatic heterocycles. The van der Waals surface area contributed by atoms with E-state index in [0.29, 0.717) is 0 Å². The van der Waals surface area contributed by atoms with Crippen LogP contribution in [0.4, 0.5) is 5.69 Å². The second-order valence-electron chi connectivity index (χ2n) is 7.40. The summed E-state index contributed by atoms with van der Waals surface area (Å²) in [6.45, 7) is 4.37. The number of benzene rings is 2. The lowest BCUT2D eigenvalue weighted by atomic mass is 9.88. The number of aliphatic imine (C=N–C) groups is 1. The fraction of sp³-hybridized carbons (Fsp3) is 0.409. The van der Waals surface area contributed by atoms with Gasteiger partial charge in [0.05, 0.1) is 0 Å². The van der Waals surface area contributed by atoms with Gasteiger partial charge >= 0.3 is 0 Å². The third-order valence-electron chi connectivity index (χ3n) is 5.39. The molecule has 0 unspecified atom stereocenters. The third-order valence-corrected chi connectivity index (χ3v) is 6.43. The molecule has 1 fully saturated rings. The molecular weight excluding hydrogens is 324 g/mol. The summed E-state index contributed by atoms with van der Waals surface area (Å²) >= 11 is 1.89. The van der Waals surface area contributed by atoms with Gasteiger partial charge in [0.25, 0.3) is 0 Å². The Balaban J connectivity index is 1.64. The van der Waals surface area contributed by atoms with Crippen LogP contribution < -0.4 is 5.32 Å². The first-order valence-corrected chi connectivity index (χ1v) is 10.3. The highest BCUT2D eigenvalue weighted by molar-refractivity contribution is 8.13. The summed E-state index contributed by atoms with van der Waals surface area (Å²) in [6, 6.07) is 15.4. The molecule has 0 saturated heterocycles. The van der Waals surface area contributed by atoms with E-state index in [0.717, 1.165) is 18.6 Å². The molecule has 130 valence electrons. The van der Waals surface area contributed by atoms with Crippen LogP contribution in [-0.2, 0) is 5.75 Å². The van der Waals surface area contributed by atoms with Gasteiger partial charge in [-0.25, -0.2) is 4.99 Å². The van der Waals surface area contributed by atoms with Crippen LogP contribution >= 0.6 is 11.8 Å². The van der Waals surface area contributed by atoms with Crippen molar-refractivity contribution in [1.82, 2.24) is 0 Å². The van der Waals surface area contributed by atoms with Crippen LogP contribution in [0.15, 0.2) is 47.5 Å². The maximum absolute atomic E-state index is 5.25. The lowest BCUT2D eigenvalue weighted by Gasteiger charge is -2.39. The predicted molar refractivity (Wildman–Crippen MR) is 110 cm³/mol. The van der Waals surface area contributed by atoms with E-state index in [9.17, 15) is 0 Å². The highest BCUT2D eigenvalue weighted by Crippen LogP contribution is 2.40. The molecule has 0 radical (unpaired) electrons. The Hall–Kier alpha value is -1.74. The second kappa shape index (κ2) is 6.87. The first-order valence-electron chi connectivity index (χ1n) is 9.32. The summed E-state index contributed by atoms with van der Waals surface area (Å²) in [5.74, 6) is 0.983. The standard InChI is InChI=1S/C22H26N2S/c1-16-10-11-17(2)18(14-16)15-25-21-19-8-4-5-9-20(19)23-22(24-21)12-6-3-7-13-22/h4-5,8-11,14,23H,3,6-7,12-13,15H2,1-2H3. The molecule has 1 aliphatic carbocycles. The molecule has 4 rings (SSSR count). The van der Waals surface area contributed by atoms with Crippen molar-refractivity contribution in [2.45, 2.75) is 57.4 Å². The van der Waals surface area contributed by atoms with E-state index in [1.807, 2.05) is 11.8 Å². The monoisotopic (exact) mass is 350 g/mol. The predicted octanol–water partition coefficient (Wildman–Crippen LogP) is 6.07. The summed E-state index contributed by atoms with van der Waals surface area (Å²) < 4.78 is 0. The van der Waals surface area contributed by atoms with Gasteiger partial charge in [-0.3, -0.25) is 0 Å². The number of fused-ring (bicyclic) bond motifs is 1. The van der Waals surface area contributed by atoms with Crippen LogP contribution in [0.25, 0.3) is 0 Å². The lowest BCUT2D eigenvalue weighted by molar-refractivity contribution is 0.335. The largest absolute Gasteiger partial charge is 0.361 e. The van der Waals surface area contributed by atoms with E-state index in [2.05, 4.69) is 61.6 Å². The van der Waals surface area contributed by atoms with Gasteiger partial charge in [0, 0.05) is 17.0 Å². The van der Waals surface area contributed by atoms with Crippen molar-refractivity contribution in [3.63, 3.8) is 0 Å². The Labute approximate surface area is 155 Å². The minimum Gasteiger partial charge on any atom is -0.361 e. The molecule has 2 aromatic rings. The molecule has 2 aromatic carbocycles. The van der Waals surface area contributed by atoms with E-state index >= 15 is 0 Å². The van der Waals surface area contributed by atoms with Crippen LogP contribution in [0.2, 0.25) is 0 Å². The van der Waals surface area contributed by atoms with E-state index in [1.54, 1.807) is 0 Å². The minimum absolute atomic E-state index is 0.0728. The van der Waals surface area contributed by atoms with Gasteiger partial charge in [-0.15, -0.1) is 11.8 Å². The Kier molecular flexibility index (Phi) is 4.60. The van der Waals surface area contributed by atoms with E-state index in [1.165, 1.54) is 52.2 Å². The summed E-state index contributed by atoms with van der Waals surface area (Å²) in [5.41, 5.74) is 6.56. The summed E-state index contributed by atoms with van der Waals surface area (Å²) in [7, 11) is 0. The average molecular weight is 351 g/mol. The number of hydrogen-bond donors (Lipinski definition) is 1. The number of aryl methyl sites for hydroxylation is 2. The van der Waals surface area contributed by atoms with Crippen molar-refractivity contribution >= 4 is 22.5 Å². The van der Waals surface area contributed by atoms with Crippen molar-refractivity contribution in [3.8, 4) is 0 Å². The molecule has 0 atom stereocenters. The molecule has 25 heavy (non-hydrogen) atoms. The van der Waals surface area contributed by atoms with Crippen LogP contribution in [0.3, 0.4) is 0 Å². The Morgan fingerprint density at radius 2 is 1.84 bits per heavy atom. The first kappa shape index (κ1) is 16.7. The van der Waals surface area contributed by atoms with Crippen molar-refractivity contribution in [3.05, 3.63) is 64.7 Å². The summed E-state index contributed by atoms with van der Waals surface area (Å²) in [5, 5.41) is 4.97. The van der Waals surface area contributed by atoms with Crippen LogP contribution in [0.1, 0.15) is 54.4 Å². The number of nitrogens with one attached hydrogen (secondary N) is 1. The zero-order valence-electron chi connectivity index (χ0n) is 15.1. The molecule has 1 spiro atoms. The maximum Gasteiger partial charge on any atom is 0.130 e. The summed E-state index contributed by atoms with van der Waals surface area (Å²) in [4.78, 5) is 5.25. The lowest BCUT2D eigenvalue weighted by Crippen LogP contribution is -2.42. The number of para-hydroxylation sites is 1. The quantitative estimate of drug-likeness (QED) is 0.711. The average Bonchev–Trinajstić information content (AvgIpc) is 2.63. The first-order chi connectivity index (χ1) is 12.2. The topological polar surface area (TPSA) is 24.4 Å². The molecule has 3 heteroatoms. The van der Waals surface area contributed by atoms with E-state index in [-0.39, 0.29) is 5.66 Å². The highest BCUT2D eigenvalue weighted by Gasteiger charge is 2.35. The molecule has 0 amide bonds. The van der Waals surface area contributed by atoms with Gasteiger partial charge in [0.2, 0.25) is 0 Å². The number of thioether (sulfide) groups is 1. The minimum atomic E-state index is -0.0728. The Morgan fingerprint density at radius 3 is 2.68 bits per heavy atom. The molecule has 2 aliphatic rings. The molecule has 1 N–H and O–H groups in total. The molecule has 0 bridgehead atoms. The van der Waals surface area contributed by atoms with Gasteiger partial charge < -0.3 is 5.32 Å². The van der Waals surface area contributed by atoms with Gasteiger partial charge in [0.15, 0.2) is 0 Å². The number of anilines is 1. The number of hydrogen-bond acceptors (Lipinski definition) is 3. The van der Waals surface area contributed by atoms with Crippen LogP contribution in [0.5, 0.6) is 0 Å². The molecular formula is C22H26N2S. The second-order valence-corrected chi connectivity index (χ2v) is 8.36. The number of rotatable bonds is 2. The fourth-order valence-corrected chi connectivity index (χ4v) is 5.07. The van der Waals surface area contributed by atoms with Crippen molar-refractivity contribution in [2.75, 3.05) is 5.32 Å². The van der Waals surface area contributed by atoms with E-state index < -0.39 is 0 Å². The molecule has 1 saturated carbocycles. The Morgan fingerprint density at radius 1 is 1.04 bits per heavy atom. The van der Waals surface area contributed by atoms with E-state index in [4.69, 9.17) is 4.99 Å². The highest BCUT2D eigenvalue weighted by atomic mass is 32.2. The molecule has 0 aromatic heterocycles. The summed E-state index contributed by atoms with van der Waals surface area (Å²) in [6.07, 6.45) is 6.18. The zero-order valence-corrected chi connectivity index (χ0v) is 16.0. The maximum atomic E-state index is 5.25. The van der Waals surface area contributed by atoms with Crippen molar-refractivity contribution < 1.29 is 0 Å². The smallest absolute Gasteiger partial charge is 0.130 e.